The number of thiol groups is 1. The third-order valence-corrected chi connectivity index (χ3v) is 1.63. The van der Waals surface area contributed by atoms with Gasteiger partial charge in [-0.3, -0.25) is 4.79 Å². The van der Waals surface area contributed by atoms with Gasteiger partial charge in [0.15, 0.2) is 0 Å². The molecule has 0 saturated heterocycles. The fraction of sp³-hybridized carbons (Fsp3) is 0.750. The molecule has 0 heterocycles. The molecule has 0 saturated carbocycles. The molecule has 1 atom stereocenters. The molecule has 0 amide bonds. The van der Waals surface area contributed by atoms with E-state index in [9.17, 15) is 18.0 Å². The van der Waals surface area contributed by atoms with Crippen LogP contribution >= 0.6 is 22.6 Å². The highest BCUT2D eigenvalue weighted by atomic mass is 33.1. The van der Waals surface area contributed by atoms with Crippen LogP contribution in [0.2, 0.25) is 0 Å². The van der Waals surface area contributed by atoms with Crippen molar-refractivity contribution in [2.45, 2.75) is 18.6 Å². The van der Waals surface area contributed by atoms with Crippen molar-refractivity contribution < 1.29 is 23.1 Å². The molecule has 0 aromatic rings. The molecule has 3 nitrogen and oxygen atoms in total. The van der Waals surface area contributed by atoms with Crippen molar-refractivity contribution in [3.8, 4) is 0 Å². The van der Waals surface area contributed by atoms with Crippen LogP contribution in [0.3, 0.4) is 0 Å². The molecule has 0 fully saturated rings. The van der Waals surface area contributed by atoms with Gasteiger partial charge in [0.2, 0.25) is 0 Å². The minimum Gasteiger partial charge on any atom is -0.480 e. The maximum Gasteiger partial charge on any atom is 0.391 e. The number of carboxylic acids is 1. The van der Waals surface area contributed by atoms with Crippen molar-refractivity contribution in [3.63, 3.8) is 0 Å². The Bertz CT molecular complexity index is 163. The predicted octanol–water partition coefficient (Wildman–Crippen LogP) is 1.47. The van der Waals surface area contributed by atoms with E-state index >= 15 is 0 Å². The normalized spacial score (nSPS) is 14.3. The summed E-state index contributed by atoms with van der Waals surface area (Å²) in [5, 5.41) is 8.26. The van der Waals surface area contributed by atoms with Crippen molar-refractivity contribution in [3.05, 3.63) is 0 Å². The minimum atomic E-state index is -4.49. The Kier molecular flexibility index (Phi) is 4.80. The van der Waals surface area contributed by atoms with E-state index in [-0.39, 0.29) is 0 Å². The number of aliphatic carboxylic acids is 1. The maximum atomic E-state index is 11.7. The molecule has 0 aliphatic heterocycles. The van der Waals surface area contributed by atoms with Crippen LogP contribution in [-0.4, -0.2) is 23.3 Å². The molecule has 0 aromatic heterocycles. The lowest BCUT2D eigenvalue weighted by atomic mass is 10.2. The van der Waals surface area contributed by atoms with Crippen LogP contribution < -0.4 is 4.72 Å². The van der Waals surface area contributed by atoms with E-state index in [2.05, 4.69) is 11.7 Å². The van der Waals surface area contributed by atoms with Gasteiger partial charge in [-0.25, -0.2) is 4.72 Å². The van der Waals surface area contributed by atoms with E-state index in [1.54, 1.807) is 0 Å². The number of hydrogen-bond donors (Lipinski definition) is 3. The highest BCUT2D eigenvalue weighted by molar-refractivity contribution is 8.67. The zero-order valence-corrected chi connectivity index (χ0v) is 7.34. The predicted molar refractivity (Wildman–Crippen MR) is 41.8 cm³/mol. The first-order chi connectivity index (χ1) is 5.37. The average molecular weight is 221 g/mol. The van der Waals surface area contributed by atoms with Crippen LogP contribution in [0.1, 0.15) is 6.42 Å². The van der Waals surface area contributed by atoms with Crippen molar-refractivity contribution in [2.75, 3.05) is 0 Å². The molecule has 0 bridgehead atoms. The summed E-state index contributed by atoms with van der Waals surface area (Å²) in [5.41, 5.74) is 0. The standard InChI is InChI=1S/C4H6F3NO2S2/c5-4(6,7)1-2(3(9)10)8-12-11/h2,8,11H,1H2,(H,9,10). The van der Waals surface area contributed by atoms with Crippen LogP contribution in [0.15, 0.2) is 0 Å². The summed E-state index contributed by atoms with van der Waals surface area (Å²) in [6.07, 6.45) is -5.89. The number of hydrogen-bond acceptors (Lipinski definition) is 4. The largest absolute Gasteiger partial charge is 0.480 e. The number of alkyl halides is 3. The topological polar surface area (TPSA) is 49.3 Å². The Labute approximate surface area is 75.6 Å². The Morgan fingerprint density at radius 3 is 2.42 bits per heavy atom. The van der Waals surface area contributed by atoms with Gasteiger partial charge in [-0.15, -0.1) is 0 Å². The first-order valence-corrected chi connectivity index (χ1v) is 4.59. The minimum absolute atomic E-state index is 0.542. The zero-order chi connectivity index (χ0) is 9.78. The molecular weight excluding hydrogens is 215 g/mol. The number of nitrogens with one attached hydrogen (secondary N) is 1. The average Bonchev–Trinajstić information content (AvgIpc) is 1.83. The van der Waals surface area contributed by atoms with Gasteiger partial charge in [-0.2, -0.15) is 13.2 Å². The fourth-order valence-electron chi connectivity index (χ4n) is 0.474. The van der Waals surface area contributed by atoms with Crippen molar-refractivity contribution in [1.82, 2.24) is 4.72 Å². The molecule has 8 heteroatoms. The number of halogens is 3. The van der Waals surface area contributed by atoms with Gasteiger partial charge in [0.1, 0.15) is 6.04 Å². The van der Waals surface area contributed by atoms with Gasteiger partial charge in [-0.1, -0.05) is 11.7 Å². The summed E-state index contributed by atoms with van der Waals surface area (Å²) in [6, 6.07) is -1.65. The van der Waals surface area contributed by atoms with E-state index in [0.717, 1.165) is 0 Å². The fourth-order valence-corrected chi connectivity index (χ4v) is 1.17. The van der Waals surface area contributed by atoms with E-state index in [4.69, 9.17) is 5.11 Å². The Morgan fingerprint density at radius 2 is 2.17 bits per heavy atom. The second kappa shape index (κ2) is 4.83. The van der Waals surface area contributed by atoms with Gasteiger partial charge in [0.05, 0.1) is 6.42 Å². The van der Waals surface area contributed by atoms with Crippen molar-refractivity contribution >= 4 is 28.6 Å². The monoisotopic (exact) mass is 221 g/mol. The SMILES string of the molecule is O=C(O)C(CC(F)(F)F)NSS. The van der Waals surface area contributed by atoms with Gasteiger partial charge in [0, 0.05) is 0 Å². The number of carboxylic acid groups (broad SMARTS) is 1. The highest BCUT2D eigenvalue weighted by Crippen LogP contribution is 2.22. The van der Waals surface area contributed by atoms with E-state index < -0.39 is 24.6 Å². The first kappa shape index (κ1) is 11.9. The lowest BCUT2D eigenvalue weighted by Gasteiger charge is -2.13. The van der Waals surface area contributed by atoms with E-state index in [1.807, 2.05) is 4.72 Å². The summed E-state index contributed by atoms with van der Waals surface area (Å²) in [6.45, 7) is 0. The zero-order valence-electron chi connectivity index (χ0n) is 5.63. The van der Waals surface area contributed by atoms with Crippen LogP contribution in [-0.2, 0) is 4.79 Å². The van der Waals surface area contributed by atoms with Crippen LogP contribution in [0.5, 0.6) is 0 Å². The molecule has 0 spiro atoms. The van der Waals surface area contributed by atoms with Gasteiger partial charge in [0.25, 0.3) is 0 Å². The molecule has 1 unspecified atom stereocenters. The third-order valence-electron chi connectivity index (χ3n) is 0.929. The smallest absolute Gasteiger partial charge is 0.391 e. The number of rotatable bonds is 4. The van der Waals surface area contributed by atoms with E-state index in [0.29, 0.717) is 11.0 Å². The quantitative estimate of drug-likeness (QED) is 0.382. The second-order valence-corrected chi connectivity index (χ2v) is 2.89. The van der Waals surface area contributed by atoms with Crippen LogP contribution in [0.25, 0.3) is 0 Å². The summed E-state index contributed by atoms with van der Waals surface area (Å²) < 4.78 is 37.0. The van der Waals surface area contributed by atoms with Crippen molar-refractivity contribution in [1.29, 1.82) is 0 Å². The third kappa shape index (κ3) is 5.56. The molecule has 0 rings (SSSR count). The summed E-state index contributed by atoms with van der Waals surface area (Å²) in [7, 11) is 0.542. The summed E-state index contributed by atoms with van der Waals surface area (Å²) in [4.78, 5) is 10.2. The molecule has 12 heavy (non-hydrogen) atoms. The first-order valence-electron chi connectivity index (χ1n) is 2.72. The summed E-state index contributed by atoms with van der Waals surface area (Å²) >= 11 is 3.48. The lowest BCUT2D eigenvalue weighted by molar-refractivity contribution is -0.157. The molecule has 0 aromatic carbocycles. The second-order valence-electron chi connectivity index (χ2n) is 1.92. The lowest BCUT2D eigenvalue weighted by Crippen LogP contribution is -2.36. The number of carbonyl (C=O) groups is 1. The van der Waals surface area contributed by atoms with Crippen molar-refractivity contribution in [2.24, 2.45) is 0 Å². The van der Waals surface area contributed by atoms with Gasteiger partial charge >= 0.3 is 12.1 Å². The Balaban J connectivity index is 4.05. The molecule has 0 radical (unpaired) electrons. The molecular formula is C4H6F3NO2S2. The van der Waals surface area contributed by atoms with Gasteiger partial charge in [-0.05, 0) is 11.0 Å². The summed E-state index contributed by atoms with van der Waals surface area (Å²) in [5.74, 6) is -1.55. The molecule has 72 valence electrons. The molecule has 0 aliphatic rings. The van der Waals surface area contributed by atoms with Crippen LogP contribution in [0.4, 0.5) is 13.2 Å². The molecule has 2 N–H and O–H groups in total. The van der Waals surface area contributed by atoms with Gasteiger partial charge < -0.3 is 5.11 Å². The Morgan fingerprint density at radius 1 is 1.67 bits per heavy atom. The Hall–Kier alpha value is -0.0800. The highest BCUT2D eigenvalue weighted by Gasteiger charge is 2.35. The van der Waals surface area contributed by atoms with Crippen LogP contribution in [0, 0.1) is 0 Å². The maximum absolute atomic E-state index is 11.7. The van der Waals surface area contributed by atoms with E-state index in [1.165, 1.54) is 0 Å². The molecule has 0 aliphatic carbocycles.